The Kier molecular flexibility index (Phi) is 5.52. The minimum Gasteiger partial charge on any atom is -0.496 e. The molecule has 0 fully saturated rings. The molecule has 0 bridgehead atoms. The third-order valence-electron chi connectivity index (χ3n) is 3.24. The Hall–Kier alpha value is -1.87. The summed E-state index contributed by atoms with van der Waals surface area (Å²) >= 11 is 3.43. The normalized spacial score (nSPS) is 10.6. The molecule has 0 saturated heterocycles. The Labute approximate surface area is 157 Å². The van der Waals surface area contributed by atoms with E-state index < -0.39 is 0 Å². The Morgan fingerprint density at radius 1 is 1.17 bits per heavy atom. The SMILES string of the molecule is COc1ccccc1-c1nnc(SCC(=O)c2ccc(I)cc2)o1. The van der Waals surface area contributed by atoms with Gasteiger partial charge in [0.1, 0.15) is 5.75 Å². The highest BCUT2D eigenvalue weighted by molar-refractivity contribution is 14.1. The molecule has 5 nitrogen and oxygen atoms in total. The molecule has 0 aliphatic heterocycles. The Morgan fingerprint density at radius 3 is 2.67 bits per heavy atom. The fraction of sp³-hybridized carbons (Fsp3) is 0.118. The van der Waals surface area contributed by atoms with Crippen LogP contribution >= 0.6 is 34.4 Å². The number of carbonyl (C=O) groups is 1. The summed E-state index contributed by atoms with van der Waals surface area (Å²) in [6, 6.07) is 14.9. The van der Waals surface area contributed by atoms with Gasteiger partial charge in [0.2, 0.25) is 0 Å². The molecule has 0 radical (unpaired) electrons. The minimum absolute atomic E-state index is 0.0217. The molecule has 1 aromatic heterocycles. The van der Waals surface area contributed by atoms with Crippen molar-refractivity contribution < 1.29 is 13.9 Å². The largest absolute Gasteiger partial charge is 0.496 e. The van der Waals surface area contributed by atoms with Crippen LogP contribution in [0.5, 0.6) is 5.75 Å². The van der Waals surface area contributed by atoms with Gasteiger partial charge in [-0.3, -0.25) is 4.79 Å². The lowest BCUT2D eigenvalue weighted by Crippen LogP contribution is -2.02. The number of methoxy groups -OCH3 is 1. The average molecular weight is 452 g/mol. The number of halogens is 1. The molecule has 3 rings (SSSR count). The van der Waals surface area contributed by atoms with Crippen molar-refractivity contribution in [1.82, 2.24) is 10.2 Å². The van der Waals surface area contributed by atoms with E-state index >= 15 is 0 Å². The summed E-state index contributed by atoms with van der Waals surface area (Å²) in [5.74, 6) is 1.30. The predicted molar refractivity (Wildman–Crippen MR) is 100 cm³/mol. The van der Waals surface area contributed by atoms with Gasteiger partial charge in [-0.05, 0) is 46.9 Å². The van der Waals surface area contributed by atoms with E-state index in [1.807, 2.05) is 48.5 Å². The molecule has 24 heavy (non-hydrogen) atoms. The van der Waals surface area contributed by atoms with Crippen LogP contribution in [0.15, 0.2) is 58.2 Å². The maximum atomic E-state index is 12.2. The first kappa shape index (κ1) is 17.0. The summed E-state index contributed by atoms with van der Waals surface area (Å²) in [6.07, 6.45) is 0. The van der Waals surface area contributed by atoms with E-state index in [1.54, 1.807) is 7.11 Å². The lowest BCUT2D eigenvalue weighted by atomic mass is 10.2. The van der Waals surface area contributed by atoms with Crippen molar-refractivity contribution in [3.8, 4) is 17.2 Å². The first-order valence-corrected chi connectivity index (χ1v) is 9.12. The minimum atomic E-state index is 0.0217. The number of thioether (sulfide) groups is 1. The number of ether oxygens (including phenoxy) is 1. The molecule has 0 aliphatic rings. The van der Waals surface area contributed by atoms with Crippen molar-refractivity contribution in [3.63, 3.8) is 0 Å². The molecule has 0 aliphatic carbocycles. The quantitative estimate of drug-likeness (QED) is 0.315. The molecule has 0 N–H and O–H groups in total. The molecule has 122 valence electrons. The number of carbonyl (C=O) groups excluding carboxylic acids is 1. The second-order valence-electron chi connectivity index (χ2n) is 4.79. The number of Topliss-reactive ketones (excluding diaryl/α,β-unsaturated/α-hetero) is 1. The molecule has 0 saturated carbocycles. The van der Waals surface area contributed by atoms with E-state index in [1.165, 1.54) is 11.8 Å². The summed E-state index contributed by atoms with van der Waals surface area (Å²) in [5.41, 5.74) is 1.40. The van der Waals surface area contributed by atoms with E-state index in [0.29, 0.717) is 22.4 Å². The van der Waals surface area contributed by atoms with Gasteiger partial charge in [0.05, 0.1) is 18.4 Å². The van der Waals surface area contributed by atoms with Gasteiger partial charge in [0.15, 0.2) is 5.78 Å². The standard InChI is InChI=1S/C17H13IN2O3S/c1-22-15-5-3-2-4-13(15)16-19-20-17(23-16)24-10-14(21)11-6-8-12(18)9-7-11/h2-9H,10H2,1H3. The van der Waals surface area contributed by atoms with Gasteiger partial charge in [0.25, 0.3) is 11.1 Å². The summed E-state index contributed by atoms with van der Waals surface area (Å²) in [5, 5.41) is 8.37. The summed E-state index contributed by atoms with van der Waals surface area (Å²) < 4.78 is 12.0. The Bertz CT molecular complexity index is 849. The highest BCUT2D eigenvalue weighted by atomic mass is 127. The van der Waals surface area contributed by atoms with Crippen molar-refractivity contribution in [2.24, 2.45) is 0 Å². The zero-order valence-electron chi connectivity index (χ0n) is 12.7. The zero-order chi connectivity index (χ0) is 16.9. The second-order valence-corrected chi connectivity index (χ2v) is 6.96. The molecule has 2 aromatic carbocycles. The molecule has 0 unspecified atom stereocenters. The fourth-order valence-electron chi connectivity index (χ4n) is 2.04. The third kappa shape index (κ3) is 3.96. The van der Waals surface area contributed by atoms with Crippen LogP contribution in [0.4, 0.5) is 0 Å². The molecule has 7 heteroatoms. The number of nitrogens with zero attached hydrogens (tertiary/aromatic N) is 2. The van der Waals surface area contributed by atoms with Crippen LogP contribution in [0.2, 0.25) is 0 Å². The van der Waals surface area contributed by atoms with Crippen molar-refractivity contribution >= 4 is 40.1 Å². The second kappa shape index (κ2) is 7.80. The number of ketones is 1. The van der Waals surface area contributed by atoms with Crippen LogP contribution in [0, 0.1) is 3.57 Å². The lowest BCUT2D eigenvalue weighted by molar-refractivity contribution is 0.102. The van der Waals surface area contributed by atoms with Crippen LogP contribution in [0.1, 0.15) is 10.4 Å². The zero-order valence-corrected chi connectivity index (χ0v) is 15.7. The number of para-hydroxylation sites is 1. The van der Waals surface area contributed by atoms with Crippen molar-refractivity contribution in [1.29, 1.82) is 0 Å². The lowest BCUT2D eigenvalue weighted by Gasteiger charge is -2.03. The fourth-order valence-corrected chi connectivity index (χ4v) is 3.06. The van der Waals surface area contributed by atoms with Gasteiger partial charge in [-0.25, -0.2) is 0 Å². The van der Waals surface area contributed by atoms with Gasteiger partial charge in [-0.1, -0.05) is 36.0 Å². The smallest absolute Gasteiger partial charge is 0.277 e. The molecular formula is C17H13IN2O3S. The van der Waals surface area contributed by atoms with Gasteiger partial charge < -0.3 is 9.15 Å². The number of benzene rings is 2. The van der Waals surface area contributed by atoms with E-state index in [-0.39, 0.29) is 11.5 Å². The molecule has 3 aromatic rings. The first-order valence-electron chi connectivity index (χ1n) is 7.06. The maximum Gasteiger partial charge on any atom is 0.277 e. The number of aromatic nitrogens is 2. The Morgan fingerprint density at radius 2 is 1.92 bits per heavy atom. The van der Waals surface area contributed by atoms with Crippen molar-refractivity contribution in [2.75, 3.05) is 12.9 Å². The van der Waals surface area contributed by atoms with Crippen LogP contribution in [0.3, 0.4) is 0 Å². The van der Waals surface area contributed by atoms with Gasteiger partial charge in [0, 0.05) is 9.13 Å². The maximum absolute atomic E-state index is 12.2. The number of hydrogen-bond donors (Lipinski definition) is 0. The molecule has 0 atom stereocenters. The van der Waals surface area contributed by atoms with Crippen molar-refractivity contribution in [2.45, 2.75) is 5.22 Å². The predicted octanol–water partition coefficient (Wildman–Crippen LogP) is 4.32. The van der Waals surface area contributed by atoms with Crippen LogP contribution in [0.25, 0.3) is 11.5 Å². The topological polar surface area (TPSA) is 65.2 Å². The first-order chi connectivity index (χ1) is 11.7. The summed E-state index contributed by atoms with van der Waals surface area (Å²) in [6.45, 7) is 0. The highest BCUT2D eigenvalue weighted by Gasteiger charge is 2.15. The van der Waals surface area contributed by atoms with Crippen LogP contribution < -0.4 is 4.74 Å². The van der Waals surface area contributed by atoms with Gasteiger partial charge in [-0.15, -0.1) is 10.2 Å². The number of hydrogen-bond acceptors (Lipinski definition) is 6. The van der Waals surface area contributed by atoms with Crippen LogP contribution in [-0.4, -0.2) is 28.8 Å². The molecule has 0 spiro atoms. The summed E-state index contributed by atoms with van der Waals surface area (Å²) in [7, 11) is 1.59. The van der Waals surface area contributed by atoms with Gasteiger partial charge >= 0.3 is 0 Å². The third-order valence-corrected chi connectivity index (χ3v) is 4.77. The van der Waals surface area contributed by atoms with E-state index in [4.69, 9.17) is 9.15 Å². The highest BCUT2D eigenvalue weighted by Crippen LogP contribution is 2.30. The molecule has 1 heterocycles. The van der Waals surface area contributed by atoms with E-state index in [0.717, 1.165) is 9.13 Å². The summed E-state index contributed by atoms with van der Waals surface area (Å²) in [4.78, 5) is 12.2. The Balaban J connectivity index is 1.68. The number of rotatable bonds is 6. The monoisotopic (exact) mass is 452 g/mol. The van der Waals surface area contributed by atoms with E-state index in [9.17, 15) is 4.79 Å². The van der Waals surface area contributed by atoms with Gasteiger partial charge in [-0.2, -0.15) is 0 Å². The molecule has 0 amide bonds. The average Bonchev–Trinajstić information content (AvgIpc) is 3.09. The van der Waals surface area contributed by atoms with E-state index in [2.05, 4.69) is 32.8 Å². The van der Waals surface area contributed by atoms with Crippen molar-refractivity contribution in [3.05, 3.63) is 57.7 Å². The van der Waals surface area contributed by atoms with Crippen LogP contribution in [-0.2, 0) is 0 Å². The molecular weight excluding hydrogens is 439 g/mol.